The summed E-state index contributed by atoms with van der Waals surface area (Å²) in [6.07, 6.45) is 11.5. The van der Waals surface area contributed by atoms with Crippen LogP contribution in [0.25, 0.3) is 0 Å². The van der Waals surface area contributed by atoms with Gasteiger partial charge in [0, 0.05) is 35.8 Å². The van der Waals surface area contributed by atoms with Crippen LogP contribution in [0, 0.1) is 0 Å². The molecule has 13 heteroatoms. The Balaban J connectivity index is -0.000000218. The average Bonchev–Trinajstić information content (AvgIpc) is 2.81. The van der Waals surface area contributed by atoms with Crippen LogP contribution in [-0.4, -0.2) is 70.3 Å². The van der Waals surface area contributed by atoms with Crippen molar-refractivity contribution in [3.05, 3.63) is 0 Å². The fourth-order valence-electron chi connectivity index (χ4n) is 2.32. The van der Waals surface area contributed by atoms with Crippen molar-refractivity contribution in [1.29, 1.82) is 0 Å². The molecule has 0 aliphatic carbocycles. The van der Waals surface area contributed by atoms with Gasteiger partial charge in [0.1, 0.15) is 0 Å². The first-order valence-electron chi connectivity index (χ1n) is 13.8. The van der Waals surface area contributed by atoms with E-state index < -0.39 is 22.8 Å². The summed E-state index contributed by atoms with van der Waals surface area (Å²) in [5.74, 6) is 0. The Labute approximate surface area is 238 Å². The summed E-state index contributed by atoms with van der Waals surface area (Å²) in [5, 5.41) is 0. The highest BCUT2D eigenvalue weighted by Crippen LogP contribution is 2.44. The van der Waals surface area contributed by atoms with E-state index in [9.17, 15) is 28.4 Å². The molecule has 0 bridgehead atoms. The molecule has 0 spiro atoms. The first-order chi connectivity index (χ1) is 16.9. The van der Waals surface area contributed by atoms with Crippen molar-refractivity contribution in [2.75, 3.05) is 38.3 Å². The Morgan fingerprint density at radius 1 is 0.432 bits per heavy atom. The van der Waals surface area contributed by atoms with E-state index in [4.69, 9.17) is 13.6 Å². The Kier molecular flexibility index (Phi) is 36.4. The van der Waals surface area contributed by atoms with Crippen LogP contribution in [0.15, 0.2) is 0 Å². The van der Waals surface area contributed by atoms with Gasteiger partial charge in [-0.25, -0.2) is 0 Å². The van der Waals surface area contributed by atoms with Crippen molar-refractivity contribution >= 4 is 40.1 Å². The highest BCUT2D eigenvalue weighted by molar-refractivity contribution is 7.53. The van der Waals surface area contributed by atoms with E-state index in [2.05, 4.69) is 0 Å². The van der Waals surface area contributed by atoms with Crippen LogP contribution in [0.2, 0.25) is 0 Å². The summed E-state index contributed by atoms with van der Waals surface area (Å²) in [7, 11) is -9.72. The van der Waals surface area contributed by atoms with Crippen LogP contribution in [-0.2, 0) is 27.3 Å². The summed E-state index contributed by atoms with van der Waals surface area (Å²) < 4.78 is 48.2. The molecule has 0 saturated carbocycles. The Morgan fingerprint density at radius 2 is 0.622 bits per heavy atom. The maximum absolute atomic E-state index is 11.2. The summed E-state index contributed by atoms with van der Waals surface area (Å²) >= 11 is 0. The fourth-order valence-corrected chi connectivity index (χ4v) is 6.10. The Bertz CT molecular complexity index is 529. The molecule has 3 atom stereocenters. The van der Waals surface area contributed by atoms with Gasteiger partial charge in [-0.05, 0) is 38.5 Å². The van der Waals surface area contributed by atoms with E-state index in [0.29, 0.717) is 38.3 Å². The standard InChI is InChI=1S/3C8H19O3P.Al/c3*1-3-5-7-11-12(9,10)8-6-4-2;/h3*3-8H2,1-2H3,(H,9,10);. The van der Waals surface area contributed by atoms with Crippen molar-refractivity contribution in [2.45, 2.75) is 119 Å². The molecule has 0 aromatic carbocycles. The van der Waals surface area contributed by atoms with Gasteiger partial charge in [-0.1, -0.05) is 80.1 Å². The summed E-state index contributed by atoms with van der Waals surface area (Å²) in [5.41, 5.74) is 0. The Morgan fingerprint density at radius 3 is 0.784 bits per heavy atom. The molecule has 3 unspecified atom stereocenters. The lowest BCUT2D eigenvalue weighted by Gasteiger charge is -2.10. The number of unbranched alkanes of at least 4 members (excludes halogenated alkanes) is 6. The van der Waals surface area contributed by atoms with Gasteiger partial charge < -0.3 is 28.3 Å². The van der Waals surface area contributed by atoms with E-state index in [1.54, 1.807) is 0 Å². The molecule has 3 N–H and O–H groups in total. The second-order valence-corrected chi connectivity index (χ2v) is 14.6. The van der Waals surface area contributed by atoms with Gasteiger partial charge in [-0.3, -0.25) is 13.7 Å². The maximum Gasteiger partial charge on any atom is 0.328 e. The summed E-state index contributed by atoms with van der Waals surface area (Å²) in [6.45, 7) is 13.3. The van der Waals surface area contributed by atoms with Gasteiger partial charge in [0.15, 0.2) is 0 Å². The monoisotopic (exact) mass is 609 g/mol. The predicted octanol–water partition coefficient (Wildman–Crippen LogP) is 7.99. The van der Waals surface area contributed by atoms with Crippen LogP contribution in [0.5, 0.6) is 0 Å². The van der Waals surface area contributed by atoms with Crippen molar-refractivity contribution < 1.29 is 41.9 Å². The normalized spacial score (nSPS) is 15.5. The minimum Gasteiger partial charge on any atom is -0.324 e. The van der Waals surface area contributed by atoms with E-state index in [1.807, 2.05) is 41.5 Å². The van der Waals surface area contributed by atoms with Gasteiger partial charge >= 0.3 is 22.8 Å². The Hall–Kier alpha value is 0.982. The zero-order valence-electron chi connectivity index (χ0n) is 24.4. The zero-order chi connectivity index (χ0) is 28.3. The number of hydrogen-bond donors (Lipinski definition) is 3. The molecule has 0 aliphatic heterocycles. The van der Waals surface area contributed by atoms with E-state index in [0.717, 1.165) is 77.0 Å². The van der Waals surface area contributed by atoms with E-state index in [1.165, 1.54) is 0 Å². The maximum atomic E-state index is 11.2. The van der Waals surface area contributed by atoms with Crippen LogP contribution >= 0.6 is 22.8 Å². The van der Waals surface area contributed by atoms with Crippen molar-refractivity contribution in [2.24, 2.45) is 0 Å². The third-order valence-corrected chi connectivity index (χ3v) is 9.16. The minimum atomic E-state index is -3.24. The summed E-state index contributed by atoms with van der Waals surface area (Å²) in [6, 6.07) is 0. The molecule has 0 heterocycles. The molecule has 225 valence electrons. The quantitative estimate of drug-likeness (QED) is 0.0671. The average molecular weight is 610 g/mol. The lowest BCUT2D eigenvalue weighted by Crippen LogP contribution is -1.96. The SMILES string of the molecule is CCCCOP(=O)(O)CCCC.CCCCOP(=O)(O)CCCC.CCCCOP(=O)(O)CCCC.[Al]. The van der Waals surface area contributed by atoms with E-state index >= 15 is 0 Å². The van der Waals surface area contributed by atoms with Crippen molar-refractivity contribution in [3.8, 4) is 0 Å². The van der Waals surface area contributed by atoms with Crippen LogP contribution < -0.4 is 0 Å². The molecule has 0 fully saturated rings. The topological polar surface area (TPSA) is 140 Å². The first-order valence-corrected chi connectivity index (χ1v) is 19.0. The molecule has 0 aromatic heterocycles. The van der Waals surface area contributed by atoms with Gasteiger partial charge in [-0.15, -0.1) is 0 Å². The fraction of sp³-hybridized carbons (Fsp3) is 1.00. The third-order valence-electron chi connectivity index (χ3n) is 4.76. The second-order valence-electron chi connectivity index (χ2n) is 8.70. The largest absolute Gasteiger partial charge is 0.328 e. The molecule has 37 heavy (non-hydrogen) atoms. The van der Waals surface area contributed by atoms with Crippen LogP contribution in [0.1, 0.15) is 119 Å². The predicted molar refractivity (Wildman–Crippen MR) is 157 cm³/mol. The zero-order valence-corrected chi connectivity index (χ0v) is 28.3. The molecule has 0 aromatic rings. The highest BCUT2D eigenvalue weighted by atomic mass is 31.2. The molecule has 9 nitrogen and oxygen atoms in total. The molecule has 0 saturated heterocycles. The lowest BCUT2D eigenvalue weighted by atomic mass is 10.4. The summed E-state index contributed by atoms with van der Waals surface area (Å²) in [4.78, 5) is 27.6. The molecule has 3 radical (unpaired) electrons. The van der Waals surface area contributed by atoms with Crippen LogP contribution in [0.3, 0.4) is 0 Å². The number of rotatable bonds is 21. The third kappa shape index (κ3) is 39.2. The van der Waals surface area contributed by atoms with Crippen molar-refractivity contribution in [3.63, 3.8) is 0 Å². The first kappa shape index (κ1) is 45.0. The number of hydrogen-bond acceptors (Lipinski definition) is 6. The molecular formula is C24H57AlO9P3. The van der Waals surface area contributed by atoms with Gasteiger partial charge in [-0.2, -0.15) is 0 Å². The highest BCUT2D eigenvalue weighted by Gasteiger charge is 2.18. The second kappa shape index (κ2) is 30.0. The van der Waals surface area contributed by atoms with Gasteiger partial charge in [0.2, 0.25) is 0 Å². The van der Waals surface area contributed by atoms with Crippen LogP contribution in [0.4, 0.5) is 0 Å². The molecule has 0 amide bonds. The lowest BCUT2D eigenvalue weighted by molar-refractivity contribution is 0.253. The van der Waals surface area contributed by atoms with Gasteiger partial charge in [0.25, 0.3) is 0 Å². The van der Waals surface area contributed by atoms with Crippen molar-refractivity contribution in [1.82, 2.24) is 0 Å². The van der Waals surface area contributed by atoms with Gasteiger partial charge in [0.05, 0.1) is 19.8 Å². The molecule has 0 rings (SSSR count). The minimum absolute atomic E-state index is 0. The smallest absolute Gasteiger partial charge is 0.324 e. The molecule has 0 aliphatic rings. The molecular weight excluding hydrogens is 552 g/mol. The van der Waals surface area contributed by atoms with E-state index in [-0.39, 0.29) is 17.4 Å².